The van der Waals surface area contributed by atoms with Gasteiger partial charge in [0.1, 0.15) is 12.2 Å². The minimum absolute atomic E-state index is 0.298. The Morgan fingerprint density at radius 1 is 1.20 bits per heavy atom. The Labute approximate surface area is 180 Å². The molecular weight excluding hydrogens is 400 g/mol. The topological polar surface area (TPSA) is 85.6 Å². The standard InChI is InChI=1S/C21H26N6O2S/c1-2-20-26-25-14-27(20)10-9-23-21(24-13-17-4-3-11-30-17)22-8-7-16-5-6-18-19(12-16)29-15-28-18/h3-6,11-12,14H,2,7-10,13,15H2,1H3,(H2,22,23,24). The van der Waals surface area contributed by atoms with Crippen molar-refractivity contribution in [2.45, 2.75) is 32.9 Å². The zero-order valence-electron chi connectivity index (χ0n) is 17.0. The van der Waals surface area contributed by atoms with Gasteiger partial charge in [0.15, 0.2) is 17.5 Å². The lowest BCUT2D eigenvalue weighted by Gasteiger charge is -2.13. The molecule has 0 aliphatic carbocycles. The van der Waals surface area contributed by atoms with Crippen LogP contribution in [0.2, 0.25) is 0 Å². The molecule has 0 radical (unpaired) electrons. The van der Waals surface area contributed by atoms with E-state index in [1.54, 1.807) is 17.7 Å². The number of aromatic nitrogens is 3. The number of benzene rings is 1. The Kier molecular flexibility index (Phi) is 6.81. The summed E-state index contributed by atoms with van der Waals surface area (Å²) in [6.07, 6.45) is 3.50. The number of nitrogens with one attached hydrogen (secondary N) is 2. The Hall–Kier alpha value is -3.07. The Bertz CT molecular complexity index is 970. The van der Waals surface area contributed by atoms with Crippen LogP contribution in [0.4, 0.5) is 0 Å². The lowest BCUT2D eigenvalue weighted by atomic mass is 10.1. The molecule has 0 amide bonds. The van der Waals surface area contributed by atoms with Crippen molar-refractivity contribution in [2.24, 2.45) is 4.99 Å². The summed E-state index contributed by atoms with van der Waals surface area (Å²) in [4.78, 5) is 5.97. The van der Waals surface area contributed by atoms with E-state index >= 15 is 0 Å². The van der Waals surface area contributed by atoms with Crippen molar-refractivity contribution >= 4 is 17.3 Å². The van der Waals surface area contributed by atoms with Gasteiger partial charge in [-0.25, -0.2) is 4.99 Å². The summed E-state index contributed by atoms with van der Waals surface area (Å²) in [5.74, 6) is 3.42. The fourth-order valence-corrected chi connectivity index (χ4v) is 3.82. The zero-order valence-corrected chi connectivity index (χ0v) is 17.8. The summed E-state index contributed by atoms with van der Waals surface area (Å²) in [6.45, 7) is 5.34. The van der Waals surface area contributed by atoms with E-state index in [4.69, 9.17) is 14.5 Å². The average Bonchev–Trinajstić information content (AvgIpc) is 3.52. The molecule has 0 saturated heterocycles. The molecule has 0 spiro atoms. The number of rotatable bonds is 9. The van der Waals surface area contributed by atoms with E-state index in [0.717, 1.165) is 55.8 Å². The van der Waals surface area contributed by atoms with E-state index in [9.17, 15) is 0 Å². The smallest absolute Gasteiger partial charge is 0.231 e. The summed E-state index contributed by atoms with van der Waals surface area (Å²) < 4.78 is 12.9. The zero-order chi connectivity index (χ0) is 20.6. The largest absolute Gasteiger partial charge is 0.454 e. The molecule has 158 valence electrons. The highest BCUT2D eigenvalue weighted by molar-refractivity contribution is 7.09. The summed E-state index contributed by atoms with van der Waals surface area (Å²) in [6, 6.07) is 10.2. The van der Waals surface area contributed by atoms with E-state index in [0.29, 0.717) is 13.3 Å². The Balaban J connectivity index is 1.31. The van der Waals surface area contributed by atoms with Gasteiger partial charge in [0.05, 0.1) is 6.54 Å². The monoisotopic (exact) mass is 426 g/mol. The summed E-state index contributed by atoms with van der Waals surface area (Å²) in [5, 5.41) is 17.1. The number of nitrogens with zero attached hydrogens (tertiary/aromatic N) is 4. The van der Waals surface area contributed by atoms with Crippen molar-refractivity contribution in [2.75, 3.05) is 19.9 Å². The highest BCUT2D eigenvalue weighted by Crippen LogP contribution is 2.32. The molecule has 1 aromatic carbocycles. The van der Waals surface area contributed by atoms with Crippen molar-refractivity contribution in [3.8, 4) is 11.5 Å². The molecule has 3 aromatic rings. The normalized spacial score (nSPS) is 12.9. The second-order valence-electron chi connectivity index (χ2n) is 6.83. The number of aryl methyl sites for hydroxylation is 1. The van der Waals surface area contributed by atoms with Gasteiger partial charge < -0.3 is 24.7 Å². The summed E-state index contributed by atoms with van der Waals surface area (Å²) >= 11 is 1.71. The van der Waals surface area contributed by atoms with Crippen LogP contribution in [-0.2, 0) is 25.9 Å². The van der Waals surface area contributed by atoms with Gasteiger partial charge in [0.2, 0.25) is 6.79 Å². The van der Waals surface area contributed by atoms with E-state index in [2.05, 4.69) is 49.8 Å². The minimum Gasteiger partial charge on any atom is -0.454 e. The second kappa shape index (κ2) is 10.1. The molecule has 0 fully saturated rings. The van der Waals surface area contributed by atoms with Crippen molar-refractivity contribution in [3.05, 3.63) is 58.3 Å². The summed E-state index contributed by atoms with van der Waals surface area (Å²) in [5.41, 5.74) is 1.20. The van der Waals surface area contributed by atoms with Crippen LogP contribution < -0.4 is 20.1 Å². The number of aliphatic imine (C=N–C) groups is 1. The van der Waals surface area contributed by atoms with Crippen molar-refractivity contribution in [1.29, 1.82) is 0 Å². The van der Waals surface area contributed by atoms with Gasteiger partial charge in [-0.3, -0.25) is 0 Å². The molecule has 30 heavy (non-hydrogen) atoms. The van der Waals surface area contributed by atoms with Gasteiger partial charge >= 0.3 is 0 Å². The van der Waals surface area contributed by atoms with Gasteiger partial charge in [0.25, 0.3) is 0 Å². The quantitative estimate of drug-likeness (QED) is 0.404. The molecule has 0 bridgehead atoms. The Morgan fingerprint density at radius 2 is 2.10 bits per heavy atom. The maximum absolute atomic E-state index is 5.46. The Morgan fingerprint density at radius 3 is 2.97 bits per heavy atom. The molecule has 2 N–H and O–H groups in total. The lowest BCUT2D eigenvalue weighted by Crippen LogP contribution is -2.40. The van der Waals surface area contributed by atoms with Crippen LogP contribution in [0.1, 0.15) is 23.2 Å². The van der Waals surface area contributed by atoms with Gasteiger partial charge in [-0.05, 0) is 35.6 Å². The number of hydrogen-bond donors (Lipinski definition) is 2. The highest BCUT2D eigenvalue weighted by atomic mass is 32.1. The van der Waals surface area contributed by atoms with E-state index in [1.165, 1.54) is 10.4 Å². The molecule has 1 aliphatic rings. The number of fused-ring (bicyclic) bond motifs is 1. The third-order valence-corrected chi connectivity index (χ3v) is 5.63. The number of guanidine groups is 1. The van der Waals surface area contributed by atoms with Gasteiger partial charge in [-0.2, -0.15) is 0 Å². The number of ether oxygens (including phenoxy) is 2. The first-order chi connectivity index (χ1) is 14.8. The molecule has 2 aromatic heterocycles. The third kappa shape index (κ3) is 5.29. The lowest BCUT2D eigenvalue weighted by molar-refractivity contribution is 0.174. The first-order valence-electron chi connectivity index (χ1n) is 10.1. The van der Waals surface area contributed by atoms with Crippen molar-refractivity contribution < 1.29 is 9.47 Å². The number of hydrogen-bond acceptors (Lipinski definition) is 6. The molecular formula is C21H26N6O2S. The van der Waals surface area contributed by atoms with E-state index in [-0.39, 0.29) is 0 Å². The fraction of sp³-hybridized carbons (Fsp3) is 0.381. The number of thiophene rings is 1. The van der Waals surface area contributed by atoms with Crippen LogP contribution in [0.15, 0.2) is 47.0 Å². The SMILES string of the molecule is CCc1nncn1CCNC(=NCc1cccs1)NCCc1ccc2c(c1)OCO2. The van der Waals surface area contributed by atoms with Gasteiger partial charge in [0, 0.05) is 30.9 Å². The van der Waals surface area contributed by atoms with Crippen LogP contribution in [0.25, 0.3) is 0 Å². The first kappa shape index (κ1) is 20.2. The minimum atomic E-state index is 0.298. The molecule has 0 unspecified atom stereocenters. The van der Waals surface area contributed by atoms with Crippen LogP contribution in [0.3, 0.4) is 0 Å². The first-order valence-corrected chi connectivity index (χ1v) is 11.0. The molecule has 9 heteroatoms. The van der Waals surface area contributed by atoms with Crippen molar-refractivity contribution in [1.82, 2.24) is 25.4 Å². The highest BCUT2D eigenvalue weighted by Gasteiger charge is 2.13. The molecule has 8 nitrogen and oxygen atoms in total. The molecule has 1 aliphatic heterocycles. The molecule has 3 heterocycles. The van der Waals surface area contributed by atoms with Gasteiger partial charge in [-0.15, -0.1) is 21.5 Å². The predicted octanol–water partition coefficient (Wildman–Crippen LogP) is 2.61. The fourth-order valence-electron chi connectivity index (χ4n) is 3.19. The van der Waals surface area contributed by atoms with Crippen LogP contribution in [-0.4, -0.2) is 40.6 Å². The predicted molar refractivity (Wildman–Crippen MR) is 117 cm³/mol. The molecule has 4 rings (SSSR count). The third-order valence-electron chi connectivity index (χ3n) is 4.77. The molecule has 0 saturated carbocycles. The van der Waals surface area contributed by atoms with Crippen molar-refractivity contribution in [3.63, 3.8) is 0 Å². The maximum Gasteiger partial charge on any atom is 0.231 e. The van der Waals surface area contributed by atoms with E-state index in [1.807, 2.05) is 18.2 Å². The van der Waals surface area contributed by atoms with E-state index < -0.39 is 0 Å². The molecule has 0 atom stereocenters. The van der Waals surface area contributed by atoms with Gasteiger partial charge in [-0.1, -0.05) is 19.1 Å². The van der Waals surface area contributed by atoms with Crippen LogP contribution >= 0.6 is 11.3 Å². The second-order valence-corrected chi connectivity index (χ2v) is 7.86. The van der Waals surface area contributed by atoms with Crippen LogP contribution in [0.5, 0.6) is 11.5 Å². The van der Waals surface area contributed by atoms with Crippen LogP contribution in [0, 0.1) is 0 Å². The average molecular weight is 427 g/mol. The maximum atomic E-state index is 5.46. The summed E-state index contributed by atoms with van der Waals surface area (Å²) in [7, 11) is 0.